The molecule has 0 spiro atoms. The predicted octanol–water partition coefficient (Wildman–Crippen LogP) is 3.85. The summed E-state index contributed by atoms with van der Waals surface area (Å²) in [6, 6.07) is 15.5. The number of carbonyl (C=O) groups excluding carboxylic acids is 1. The maximum absolute atomic E-state index is 12.0. The van der Waals surface area contributed by atoms with E-state index >= 15 is 0 Å². The highest BCUT2D eigenvalue weighted by molar-refractivity contribution is 6.00. The Bertz CT molecular complexity index is 834. The molecule has 0 fully saturated rings. The Morgan fingerprint density at radius 1 is 0.955 bits per heavy atom. The smallest absolute Gasteiger partial charge is 0.176 e. The van der Waals surface area contributed by atoms with Crippen LogP contribution in [0.1, 0.15) is 17.4 Å². The highest BCUT2D eigenvalue weighted by Gasteiger charge is 2.16. The normalized spacial score (nSPS) is 10.7. The number of nitrogens with zero attached hydrogens (tertiary/aromatic N) is 1. The third-order valence-corrected chi connectivity index (χ3v) is 3.68. The van der Waals surface area contributed by atoms with Gasteiger partial charge in [-0.25, -0.2) is 0 Å². The van der Waals surface area contributed by atoms with Gasteiger partial charge in [-0.15, -0.1) is 0 Å². The molecular formula is C18H17NO3. The number of Topliss-reactive ketones (excluding diaryl/α,β-unsaturated/α-hetero) is 1. The standard InChI is InChI=1S/C18H17NO3/c1-12(20)15-9-13-10-17(21-2)18(22-3)11-16(13)19(15)14-7-5-4-6-8-14/h4-11H,1-3H3. The number of hydrogen-bond donors (Lipinski definition) is 0. The van der Waals surface area contributed by atoms with E-state index in [1.165, 1.54) is 0 Å². The van der Waals surface area contributed by atoms with E-state index in [4.69, 9.17) is 9.47 Å². The van der Waals surface area contributed by atoms with Crippen LogP contribution in [0.5, 0.6) is 11.5 Å². The molecule has 3 aromatic rings. The Hall–Kier alpha value is -2.75. The average molecular weight is 295 g/mol. The van der Waals surface area contributed by atoms with Crippen molar-refractivity contribution in [1.82, 2.24) is 4.57 Å². The minimum absolute atomic E-state index is 0.0120. The van der Waals surface area contributed by atoms with Gasteiger partial charge >= 0.3 is 0 Å². The molecule has 0 N–H and O–H groups in total. The van der Waals surface area contributed by atoms with E-state index in [2.05, 4.69) is 0 Å². The number of hydrogen-bond acceptors (Lipinski definition) is 3. The maximum Gasteiger partial charge on any atom is 0.176 e. The topological polar surface area (TPSA) is 40.5 Å². The van der Waals surface area contributed by atoms with Crippen LogP contribution in [0.4, 0.5) is 0 Å². The van der Waals surface area contributed by atoms with Crippen molar-refractivity contribution in [3.05, 3.63) is 54.2 Å². The van der Waals surface area contributed by atoms with Gasteiger partial charge in [0.1, 0.15) is 0 Å². The van der Waals surface area contributed by atoms with Crippen LogP contribution in [0.3, 0.4) is 0 Å². The van der Waals surface area contributed by atoms with Crippen molar-refractivity contribution in [2.45, 2.75) is 6.92 Å². The fraction of sp³-hybridized carbons (Fsp3) is 0.167. The lowest BCUT2D eigenvalue weighted by Crippen LogP contribution is -2.04. The average Bonchev–Trinajstić information content (AvgIpc) is 2.92. The third kappa shape index (κ3) is 2.22. The molecule has 2 aromatic carbocycles. The molecule has 0 atom stereocenters. The van der Waals surface area contributed by atoms with Crippen LogP contribution in [0.25, 0.3) is 16.6 Å². The van der Waals surface area contributed by atoms with E-state index in [1.54, 1.807) is 21.1 Å². The molecule has 112 valence electrons. The summed E-state index contributed by atoms with van der Waals surface area (Å²) in [5, 5.41) is 0.937. The molecule has 0 aliphatic carbocycles. The van der Waals surface area contributed by atoms with Crippen molar-refractivity contribution < 1.29 is 14.3 Å². The van der Waals surface area contributed by atoms with E-state index in [1.807, 2.05) is 53.1 Å². The van der Waals surface area contributed by atoms with Crippen molar-refractivity contribution in [2.75, 3.05) is 14.2 Å². The van der Waals surface area contributed by atoms with Crippen molar-refractivity contribution in [3.63, 3.8) is 0 Å². The van der Waals surface area contributed by atoms with Gasteiger partial charge in [-0.1, -0.05) is 18.2 Å². The molecule has 0 bridgehead atoms. The number of ketones is 1. The molecular weight excluding hydrogens is 278 g/mol. The van der Waals surface area contributed by atoms with Gasteiger partial charge in [0, 0.05) is 24.1 Å². The Morgan fingerprint density at radius 3 is 2.18 bits per heavy atom. The van der Waals surface area contributed by atoms with Gasteiger partial charge in [0.15, 0.2) is 17.3 Å². The minimum Gasteiger partial charge on any atom is -0.493 e. The molecule has 0 amide bonds. The largest absolute Gasteiger partial charge is 0.493 e. The van der Waals surface area contributed by atoms with E-state index in [9.17, 15) is 4.79 Å². The zero-order valence-electron chi connectivity index (χ0n) is 12.8. The monoisotopic (exact) mass is 295 g/mol. The first-order chi connectivity index (χ1) is 10.7. The number of benzene rings is 2. The highest BCUT2D eigenvalue weighted by atomic mass is 16.5. The fourth-order valence-electron chi connectivity index (χ4n) is 2.65. The summed E-state index contributed by atoms with van der Waals surface area (Å²) in [7, 11) is 3.20. The molecule has 0 aliphatic rings. The zero-order valence-corrected chi connectivity index (χ0v) is 12.8. The summed E-state index contributed by atoms with van der Waals surface area (Å²) in [5.41, 5.74) is 2.49. The number of rotatable bonds is 4. The molecule has 1 aromatic heterocycles. The van der Waals surface area contributed by atoms with Gasteiger partial charge in [0.2, 0.25) is 0 Å². The lowest BCUT2D eigenvalue weighted by atomic mass is 10.2. The summed E-state index contributed by atoms with van der Waals surface area (Å²) in [6.07, 6.45) is 0. The Balaban J connectivity index is 2.37. The number of carbonyl (C=O) groups is 1. The molecule has 4 nitrogen and oxygen atoms in total. The van der Waals surface area contributed by atoms with Crippen LogP contribution in [0, 0.1) is 0 Å². The van der Waals surface area contributed by atoms with Crippen LogP contribution in [-0.4, -0.2) is 24.6 Å². The number of ether oxygens (including phenoxy) is 2. The molecule has 0 unspecified atom stereocenters. The number of para-hydroxylation sites is 1. The lowest BCUT2D eigenvalue weighted by Gasteiger charge is -2.11. The first-order valence-electron chi connectivity index (χ1n) is 6.99. The van der Waals surface area contributed by atoms with Gasteiger partial charge in [-0.2, -0.15) is 0 Å². The fourth-order valence-corrected chi connectivity index (χ4v) is 2.65. The summed E-state index contributed by atoms with van der Waals surface area (Å²) in [4.78, 5) is 12.0. The number of fused-ring (bicyclic) bond motifs is 1. The Kier molecular flexibility index (Phi) is 3.59. The summed E-state index contributed by atoms with van der Waals surface area (Å²) < 4.78 is 12.7. The van der Waals surface area contributed by atoms with Crippen LogP contribution >= 0.6 is 0 Å². The van der Waals surface area contributed by atoms with Crippen molar-refractivity contribution >= 4 is 16.7 Å². The number of methoxy groups -OCH3 is 2. The Morgan fingerprint density at radius 2 is 1.59 bits per heavy atom. The predicted molar refractivity (Wildman–Crippen MR) is 86.4 cm³/mol. The van der Waals surface area contributed by atoms with Gasteiger partial charge in [0.05, 0.1) is 25.4 Å². The van der Waals surface area contributed by atoms with Crippen LogP contribution in [-0.2, 0) is 0 Å². The summed E-state index contributed by atoms with van der Waals surface area (Å²) >= 11 is 0. The van der Waals surface area contributed by atoms with E-state index < -0.39 is 0 Å². The van der Waals surface area contributed by atoms with Gasteiger partial charge in [0.25, 0.3) is 0 Å². The maximum atomic E-state index is 12.0. The van der Waals surface area contributed by atoms with E-state index in [-0.39, 0.29) is 5.78 Å². The molecule has 0 aliphatic heterocycles. The second kappa shape index (κ2) is 5.56. The van der Waals surface area contributed by atoms with Crippen LogP contribution < -0.4 is 9.47 Å². The van der Waals surface area contributed by atoms with Gasteiger partial charge < -0.3 is 14.0 Å². The molecule has 0 saturated heterocycles. The second-order valence-electron chi connectivity index (χ2n) is 5.02. The van der Waals surface area contributed by atoms with Gasteiger partial charge in [-0.3, -0.25) is 4.79 Å². The van der Waals surface area contributed by atoms with E-state index in [0.717, 1.165) is 16.6 Å². The van der Waals surface area contributed by atoms with Gasteiger partial charge in [-0.05, 0) is 24.3 Å². The van der Waals surface area contributed by atoms with Crippen LogP contribution in [0.2, 0.25) is 0 Å². The molecule has 3 rings (SSSR count). The third-order valence-electron chi connectivity index (χ3n) is 3.68. The first kappa shape index (κ1) is 14.2. The van der Waals surface area contributed by atoms with Crippen LogP contribution in [0.15, 0.2) is 48.5 Å². The zero-order chi connectivity index (χ0) is 15.7. The highest BCUT2D eigenvalue weighted by Crippen LogP contribution is 2.35. The first-order valence-corrected chi connectivity index (χ1v) is 6.99. The second-order valence-corrected chi connectivity index (χ2v) is 5.02. The van der Waals surface area contributed by atoms with Crippen molar-refractivity contribution in [3.8, 4) is 17.2 Å². The SMILES string of the molecule is COc1cc2cc(C(C)=O)n(-c3ccccc3)c2cc1OC. The summed E-state index contributed by atoms with van der Waals surface area (Å²) in [5.74, 6) is 1.30. The quantitative estimate of drug-likeness (QED) is 0.686. The Labute approximate surface area is 128 Å². The lowest BCUT2D eigenvalue weighted by molar-refractivity contribution is 0.101. The van der Waals surface area contributed by atoms with Crippen molar-refractivity contribution in [1.29, 1.82) is 0 Å². The summed E-state index contributed by atoms with van der Waals surface area (Å²) in [6.45, 7) is 1.57. The van der Waals surface area contributed by atoms with Crippen molar-refractivity contribution in [2.24, 2.45) is 0 Å². The molecule has 1 heterocycles. The molecule has 4 heteroatoms. The molecule has 0 radical (unpaired) electrons. The molecule has 0 saturated carbocycles. The van der Waals surface area contributed by atoms with E-state index in [0.29, 0.717) is 17.2 Å². The molecule has 22 heavy (non-hydrogen) atoms. The minimum atomic E-state index is 0.0120. The number of aromatic nitrogens is 1.